The number of carboxylic acid groups (broad SMARTS) is 3. The lowest BCUT2D eigenvalue weighted by atomic mass is 9.78. The van der Waals surface area contributed by atoms with Crippen LogP contribution in [0.3, 0.4) is 0 Å². The Morgan fingerprint density at radius 1 is 0.643 bits per heavy atom. The highest BCUT2D eigenvalue weighted by Crippen LogP contribution is 2.19. The number of carboxylic acids is 3. The van der Waals surface area contributed by atoms with Gasteiger partial charge in [0.1, 0.15) is 6.04 Å². The lowest BCUT2D eigenvalue weighted by molar-refractivity contribution is -0.140. The number of carbonyl (C=O) groups excluding carboxylic acids is 4. The summed E-state index contributed by atoms with van der Waals surface area (Å²) in [6, 6.07) is 5.02. The molecule has 1 aromatic carbocycles. The second-order valence-corrected chi connectivity index (χ2v) is 14.0. The van der Waals surface area contributed by atoms with Crippen molar-refractivity contribution < 1.29 is 58.9 Å². The third kappa shape index (κ3) is 16.2. The van der Waals surface area contributed by atoms with E-state index in [0.29, 0.717) is 77.1 Å². The summed E-state index contributed by atoms with van der Waals surface area (Å²) in [5.41, 5.74) is 0.563. The molecular formula is C35H55BN8O12. The van der Waals surface area contributed by atoms with E-state index in [0.717, 1.165) is 0 Å². The van der Waals surface area contributed by atoms with Gasteiger partial charge in [-0.25, -0.2) is 0 Å². The van der Waals surface area contributed by atoms with Crippen molar-refractivity contribution in [3.05, 3.63) is 35.4 Å². The van der Waals surface area contributed by atoms with E-state index in [1.165, 1.54) is 36.1 Å². The summed E-state index contributed by atoms with van der Waals surface area (Å²) >= 11 is 0. The number of hydrogen-bond donors (Lipinski definition) is 8. The molecule has 2 aliphatic heterocycles. The highest BCUT2D eigenvalue weighted by molar-refractivity contribution is 6.43. The van der Waals surface area contributed by atoms with Crippen LogP contribution in [0.4, 0.5) is 0 Å². The molecular weight excluding hydrogens is 735 g/mol. The van der Waals surface area contributed by atoms with E-state index in [-0.39, 0.29) is 69.7 Å². The van der Waals surface area contributed by atoms with Crippen LogP contribution in [-0.4, -0.2) is 209 Å². The molecule has 21 heteroatoms. The molecule has 0 spiro atoms. The number of benzene rings is 1. The number of likely N-dealkylation sites (tertiary alicyclic amines) is 1. The Bertz CT molecular complexity index is 1470. The molecule has 0 aliphatic carbocycles. The normalized spacial score (nSPS) is 18.6. The summed E-state index contributed by atoms with van der Waals surface area (Å²) in [5.74, 6) is -5.38. The van der Waals surface area contributed by atoms with Gasteiger partial charge in [0.15, 0.2) is 0 Å². The quantitative estimate of drug-likeness (QED) is 0.0541. The van der Waals surface area contributed by atoms with Gasteiger partial charge in [-0.2, -0.15) is 0 Å². The van der Waals surface area contributed by atoms with Gasteiger partial charge in [-0.15, -0.1) is 0 Å². The number of amides is 4. The van der Waals surface area contributed by atoms with Crippen molar-refractivity contribution in [2.75, 3.05) is 98.2 Å². The van der Waals surface area contributed by atoms with Gasteiger partial charge in [-0.1, -0.05) is 0 Å². The minimum absolute atomic E-state index is 0.000303. The zero-order chi connectivity index (χ0) is 41.2. The van der Waals surface area contributed by atoms with E-state index in [9.17, 15) is 58.9 Å². The molecule has 310 valence electrons. The summed E-state index contributed by atoms with van der Waals surface area (Å²) < 4.78 is 0. The smallest absolute Gasteiger partial charge is 0.475 e. The molecule has 3 rings (SSSR count). The Balaban J connectivity index is 1.42. The predicted octanol–water partition coefficient (Wildman–Crippen LogP) is -3.09. The van der Waals surface area contributed by atoms with Crippen molar-refractivity contribution in [3.8, 4) is 0 Å². The SMILES string of the molecule is C[C@@H](NC(=O)c1ccc(C(=O)NCCCCNC(=O)CN2CCN(CC(=O)O)CCN(CC(=O)O)CCN(CC(=O)O)CC2)cc1)C(=O)N1CCC[C@H]1B(O)O. The number of hydrogen-bond acceptors (Lipinski definition) is 13. The molecule has 56 heavy (non-hydrogen) atoms. The molecule has 0 aromatic heterocycles. The Morgan fingerprint density at radius 3 is 1.48 bits per heavy atom. The van der Waals surface area contributed by atoms with Crippen LogP contribution in [0.1, 0.15) is 53.3 Å². The Hall–Kier alpha value is -4.67. The largest absolute Gasteiger partial charge is 0.480 e. The molecule has 0 saturated carbocycles. The van der Waals surface area contributed by atoms with Crippen LogP contribution >= 0.6 is 0 Å². The first-order chi connectivity index (χ1) is 26.6. The highest BCUT2D eigenvalue weighted by atomic mass is 16.4. The second kappa shape index (κ2) is 23.4. The summed E-state index contributed by atoms with van der Waals surface area (Å²) in [6.45, 7) is 4.13. The first-order valence-electron chi connectivity index (χ1n) is 18.8. The summed E-state index contributed by atoms with van der Waals surface area (Å²) in [7, 11) is -1.66. The molecule has 0 bridgehead atoms. The maximum Gasteiger partial charge on any atom is 0.475 e. The van der Waals surface area contributed by atoms with Gasteiger partial charge >= 0.3 is 25.0 Å². The zero-order valence-electron chi connectivity index (χ0n) is 31.8. The van der Waals surface area contributed by atoms with Crippen LogP contribution in [0, 0.1) is 0 Å². The summed E-state index contributed by atoms with van der Waals surface area (Å²) in [5, 5.41) is 55.5. The van der Waals surface area contributed by atoms with Gasteiger partial charge in [-0.05, 0) is 56.9 Å². The maximum absolute atomic E-state index is 12.9. The highest BCUT2D eigenvalue weighted by Gasteiger charge is 2.38. The Kier molecular flexibility index (Phi) is 19.1. The van der Waals surface area contributed by atoms with Crippen LogP contribution in [0.15, 0.2) is 24.3 Å². The number of nitrogens with zero attached hydrogens (tertiary/aromatic N) is 5. The summed E-state index contributed by atoms with van der Waals surface area (Å²) in [4.78, 5) is 93.7. The van der Waals surface area contributed by atoms with E-state index in [4.69, 9.17) is 0 Å². The zero-order valence-corrected chi connectivity index (χ0v) is 31.8. The molecule has 2 saturated heterocycles. The monoisotopic (exact) mass is 790 g/mol. The molecule has 2 aliphatic rings. The van der Waals surface area contributed by atoms with Crippen LogP contribution in [0.25, 0.3) is 0 Å². The lowest BCUT2D eigenvalue weighted by Crippen LogP contribution is -2.52. The predicted molar refractivity (Wildman–Crippen MR) is 202 cm³/mol. The van der Waals surface area contributed by atoms with Gasteiger partial charge in [0.2, 0.25) is 11.8 Å². The van der Waals surface area contributed by atoms with Gasteiger partial charge in [0.05, 0.1) is 32.1 Å². The maximum atomic E-state index is 12.9. The van der Waals surface area contributed by atoms with E-state index >= 15 is 0 Å². The molecule has 8 N–H and O–H groups in total. The molecule has 0 radical (unpaired) electrons. The van der Waals surface area contributed by atoms with Crippen molar-refractivity contribution in [1.82, 2.24) is 40.4 Å². The minimum Gasteiger partial charge on any atom is -0.480 e. The second-order valence-electron chi connectivity index (χ2n) is 14.0. The van der Waals surface area contributed by atoms with Crippen LogP contribution in [0.2, 0.25) is 0 Å². The average molecular weight is 791 g/mol. The van der Waals surface area contributed by atoms with Crippen molar-refractivity contribution in [2.45, 2.75) is 44.6 Å². The molecule has 1 aromatic rings. The molecule has 0 unspecified atom stereocenters. The van der Waals surface area contributed by atoms with Crippen molar-refractivity contribution in [1.29, 1.82) is 0 Å². The third-order valence-corrected chi connectivity index (χ3v) is 9.64. The van der Waals surface area contributed by atoms with Gasteiger partial charge in [0, 0.05) is 83.1 Å². The third-order valence-electron chi connectivity index (χ3n) is 9.64. The number of aliphatic carboxylic acids is 3. The number of nitrogens with one attached hydrogen (secondary N) is 3. The first kappa shape index (κ1) is 45.7. The molecule has 4 amide bonds. The number of rotatable bonds is 18. The van der Waals surface area contributed by atoms with Crippen LogP contribution < -0.4 is 16.0 Å². The fourth-order valence-corrected chi connectivity index (χ4v) is 6.57. The average Bonchev–Trinajstić information content (AvgIpc) is 3.64. The fraction of sp³-hybridized carbons (Fsp3) is 0.629. The molecule has 2 atom stereocenters. The summed E-state index contributed by atoms with van der Waals surface area (Å²) in [6.07, 6.45) is 2.21. The van der Waals surface area contributed by atoms with Gasteiger partial charge in [-0.3, -0.25) is 53.2 Å². The van der Waals surface area contributed by atoms with Crippen molar-refractivity contribution >= 4 is 48.7 Å². The minimum atomic E-state index is -1.66. The van der Waals surface area contributed by atoms with E-state index in [2.05, 4.69) is 16.0 Å². The lowest BCUT2D eigenvalue weighted by Gasteiger charge is -2.32. The van der Waals surface area contributed by atoms with Crippen LogP contribution in [-0.2, 0) is 24.0 Å². The van der Waals surface area contributed by atoms with Crippen molar-refractivity contribution in [2.24, 2.45) is 0 Å². The molecule has 20 nitrogen and oxygen atoms in total. The van der Waals surface area contributed by atoms with E-state index < -0.39 is 48.8 Å². The van der Waals surface area contributed by atoms with Crippen molar-refractivity contribution in [3.63, 3.8) is 0 Å². The number of unbranched alkanes of at least 4 members (excludes halogenated alkanes) is 1. The first-order valence-corrected chi connectivity index (χ1v) is 18.8. The molecule has 2 heterocycles. The van der Waals surface area contributed by atoms with E-state index in [1.54, 1.807) is 14.7 Å². The Morgan fingerprint density at radius 2 is 1.05 bits per heavy atom. The Labute approximate surface area is 325 Å². The van der Waals surface area contributed by atoms with E-state index in [1.807, 2.05) is 4.90 Å². The topological polar surface area (TPSA) is 273 Å². The standard InChI is InChI=1S/C35H55BN8O12/c1-25(35(54)44-12-4-5-28(44)36(55)56)39-34(53)27-8-6-26(7-9-27)33(52)38-11-3-2-10-37-29(45)21-40-13-15-41(22-30(46)47)17-19-43(24-32(50)51)20-18-42(16-14-40)23-31(48)49/h6-9,25,28,55-56H,2-5,10-24H2,1H3,(H,37,45)(H,38,52)(H,39,53)(H,46,47)(H,48,49)(H,50,51)/t25-,28+/m1/s1. The van der Waals surface area contributed by atoms with Gasteiger partial charge < -0.3 is 46.2 Å². The van der Waals surface area contributed by atoms with Crippen LogP contribution in [0.5, 0.6) is 0 Å². The van der Waals surface area contributed by atoms with Gasteiger partial charge in [0.25, 0.3) is 11.8 Å². The molecule has 2 fully saturated rings. The number of carbonyl (C=O) groups is 7. The fourth-order valence-electron chi connectivity index (χ4n) is 6.57.